The molecule has 3 aromatic heterocycles. The lowest BCUT2D eigenvalue weighted by atomic mass is 10.0. The summed E-state index contributed by atoms with van der Waals surface area (Å²) in [7, 11) is -32.4. The van der Waals surface area contributed by atoms with Crippen molar-refractivity contribution < 1.29 is 106 Å². The summed E-state index contributed by atoms with van der Waals surface area (Å²) in [5.41, 5.74) is 4.74. The number of nitrogens with one attached hydrogen (secondary N) is 7. The van der Waals surface area contributed by atoms with Crippen LogP contribution < -0.4 is 37.2 Å². The Morgan fingerprint density at radius 1 is 0.297 bits per heavy atom. The molecule has 0 bridgehead atoms. The molecule has 0 aliphatic carbocycles. The maximum Gasteiger partial charge on any atom is 0.296 e. The number of phenols is 3. The summed E-state index contributed by atoms with van der Waals surface area (Å²) in [4.78, 5) is 33.2. The van der Waals surface area contributed by atoms with E-state index in [2.05, 4.69) is 113 Å². The second-order valence-electron chi connectivity index (χ2n) is 29.3. The fourth-order valence-electron chi connectivity index (χ4n) is 12.9. The van der Waals surface area contributed by atoms with E-state index in [1.54, 1.807) is 63.4 Å². The van der Waals surface area contributed by atoms with Gasteiger partial charge in [0.1, 0.15) is 27.6 Å². The average Bonchev–Trinajstić information content (AvgIpc) is 0.763. The predicted molar refractivity (Wildman–Crippen MR) is 504 cm³/mol. The molecular weight excluding hydrogens is 1990 g/mol. The van der Waals surface area contributed by atoms with Crippen molar-refractivity contribution in [1.82, 2.24) is 44.9 Å². The van der Waals surface area contributed by atoms with Crippen molar-refractivity contribution in [2.24, 2.45) is 30.7 Å². The maximum absolute atomic E-state index is 12.2. The van der Waals surface area contributed by atoms with Crippen LogP contribution in [0, 0.1) is 53.0 Å². The largest absolute Gasteiger partial charge is 0.505 e. The number of halogens is 2. The van der Waals surface area contributed by atoms with Crippen LogP contribution >= 0.6 is 23.2 Å². The summed E-state index contributed by atoms with van der Waals surface area (Å²) >= 11 is 12.2. The van der Waals surface area contributed by atoms with Gasteiger partial charge in [0.2, 0.25) is 52.2 Å². The summed E-state index contributed by atoms with van der Waals surface area (Å²) in [6.45, 7) is 10.2. The second kappa shape index (κ2) is 39.9. The van der Waals surface area contributed by atoms with Crippen LogP contribution in [0.25, 0.3) is 32.3 Å². The predicted octanol–water partition coefficient (Wildman–Crippen LogP) is 17.7. The van der Waals surface area contributed by atoms with Gasteiger partial charge < -0.3 is 47.2 Å². The zero-order chi connectivity index (χ0) is 100. The van der Waals surface area contributed by atoms with E-state index < -0.39 is 106 Å². The Hall–Kier alpha value is -15.3. The molecule has 17 N–H and O–H groups in total. The van der Waals surface area contributed by atoms with Crippen LogP contribution in [-0.4, -0.2) is 151 Å². The number of rotatable bonds is 26. The highest BCUT2D eigenvalue weighted by molar-refractivity contribution is 7.87. The number of phenolic OH excluding ortho intramolecular Hbond substituents is 3. The monoisotopic (exact) mass is 2050 g/mol. The normalized spacial score (nSPS) is 12.1. The highest BCUT2D eigenvalue weighted by Gasteiger charge is 2.28. The molecule has 0 fully saturated rings. The topological polar surface area (TPSA) is 739 Å². The number of hydrogen-bond acceptors (Lipinski definition) is 40. The molecule has 56 heteroatoms. The summed E-state index contributed by atoms with van der Waals surface area (Å²) in [5, 5.41) is 86.8. The molecule has 0 aliphatic rings. The van der Waals surface area contributed by atoms with Crippen LogP contribution in [0.4, 0.5) is 110 Å². The Morgan fingerprint density at radius 2 is 0.580 bits per heavy atom. The zero-order valence-electron chi connectivity index (χ0n) is 70.9. The molecule has 0 saturated carbocycles. The minimum absolute atomic E-state index is 0.0407. The van der Waals surface area contributed by atoms with Crippen LogP contribution in [0.5, 0.6) is 17.2 Å². The third kappa shape index (κ3) is 24.9. The molecule has 15 aromatic rings. The molecule has 12 aromatic carbocycles. The number of azo groups is 3. The first-order chi connectivity index (χ1) is 64.7. The van der Waals surface area contributed by atoms with Gasteiger partial charge in [-0.1, -0.05) is 59.7 Å². The quantitative estimate of drug-likeness (QED) is 0.0104. The van der Waals surface area contributed by atoms with Crippen molar-refractivity contribution in [2.45, 2.75) is 75.8 Å². The molecule has 0 amide bonds. The molecule has 3 heterocycles. The Labute approximate surface area is 792 Å². The smallest absolute Gasteiger partial charge is 0.296 e. The number of aromatic nitrogens is 9. The number of benzene rings is 12. The van der Waals surface area contributed by atoms with E-state index in [0.717, 1.165) is 65.7 Å². The van der Waals surface area contributed by atoms with Gasteiger partial charge in [0.05, 0.1) is 57.8 Å². The van der Waals surface area contributed by atoms with Crippen molar-refractivity contribution in [2.75, 3.05) is 37.2 Å². The van der Waals surface area contributed by atoms with Gasteiger partial charge in [-0.25, -0.2) is 0 Å². The first-order valence-electron chi connectivity index (χ1n) is 38.6. The number of fused-ring (bicyclic) bond motifs is 3. The number of aryl methyl sites for hydroxylation is 6. The highest BCUT2D eigenvalue weighted by Crippen LogP contribution is 2.49. The van der Waals surface area contributed by atoms with Crippen molar-refractivity contribution in [1.29, 1.82) is 5.26 Å². The van der Waals surface area contributed by atoms with E-state index in [4.69, 9.17) is 28.5 Å². The molecule has 0 aliphatic heterocycles. The van der Waals surface area contributed by atoms with E-state index in [-0.39, 0.29) is 163 Å². The minimum atomic E-state index is -4.79. The van der Waals surface area contributed by atoms with Gasteiger partial charge in [-0.05, 0) is 249 Å². The van der Waals surface area contributed by atoms with Gasteiger partial charge in [0.15, 0.2) is 23.4 Å². The Morgan fingerprint density at radius 3 is 0.884 bits per heavy atom. The molecule has 710 valence electrons. The number of aromatic hydroxyl groups is 3. The molecule has 47 nitrogen and oxygen atoms in total. The first kappa shape index (κ1) is 100. The first-order valence-corrected chi connectivity index (χ1v) is 49.4. The van der Waals surface area contributed by atoms with Gasteiger partial charge in [0.25, 0.3) is 70.8 Å². The lowest BCUT2D eigenvalue weighted by molar-refractivity contribution is 0.480. The Kier molecular flexibility index (Phi) is 29.0. The molecular formula is C82H67Cl2N23O24S7. The van der Waals surface area contributed by atoms with Crippen molar-refractivity contribution >= 4 is 236 Å². The molecule has 15 rings (SSSR count). The van der Waals surface area contributed by atoms with Crippen LogP contribution in [0.15, 0.2) is 259 Å². The van der Waals surface area contributed by atoms with E-state index in [1.165, 1.54) is 85.8 Å². The molecule has 0 spiro atoms. The molecule has 0 unspecified atom stereocenters. The molecule has 0 atom stereocenters. The third-order valence-electron chi connectivity index (χ3n) is 19.1. The number of hydrogen-bond donors (Lipinski definition) is 17. The van der Waals surface area contributed by atoms with Crippen LogP contribution in [0.1, 0.15) is 33.4 Å². The Bertz CT molecular complexity index is 8530. The fraction of sp³-hybridized carbons (Fsp3) is 0.0732. The number of nitrogens with zero attached hydrogens (tertiary/aromatic N) is 16. The summed E-state index contributed by atoms with van der Waals surface area (Å²) in [5.74, 6) is -2.90. The van der Waals surface area contributed by atoms with Gasteiger partial charge in [-0.3, -0.25) is 37.2 Å². The summed E-state index contributed by atoms with van der Waals surface area (Å²) in [6.07, 6.45) is 1.66. The molecule has 0 radical (unpaired) electrons. The van der Waals surface area contributed by atoms with Crippen LogP contribution in [-0.2, 0) is 70.8 Å². The summed E-state index contributed by atoms with van der Waals surface area (Å²) < 4.78 is 233. The van der Waals surface area contributed by atoms with E-state index in [0.29, 0.717) is 28.1 Å². The maximum atomic E-state index is 12.2. The van der Waals surface area contributed by atoms with Gasteiger partial charge in [0, 0.05) is 33.2 Å². The standard InChI is InChI=1S/C28H23N9O7S2.C27H22ClN7O10S3.C27H22ClN7O7S2/c1-15-6-8-18(9-7-15)36-37-24-16(2)10-17-11-21(46(42,43)44)13-22(23(17)25(24)38)32-28-34-26(30-14-29)33-27(35-28)31-19-4-3-5-20(12-19)45(39,40)41;1-13-6-7-19(21(8-13)48(43,44)45)34-35-23-14(2)9-15-10-18(47(40,41)42)12-20(22(15)24(23)36)30-27-32-25(28)31-26(33-27)29-16-4-3-5-17(11-16)46(37,38)39;1-14-6-8-17(9-7-14)34-35-23-15(2)10-16-11-20(44(40,41)42)13-21(22(16)24(23)36)30-27-32-25(28)31-26(33-27)29-18-4-3-5-19(12-18)43(37,38)39/h3-13,38H,1-2H3,(H,39,40,41)(H,42,43,44)(H3,30,31,32,33,34,35);3-12,36H,1-2H3,(H,37,38,39)(H,40,41,42)(H,43,44,45)(H2,29,30,31,32,33);3-13,36H,1-2H3,(H,37,38,39)(H,40,41,42)(H2,29,30,31,32,33). The van der Waals surface area contributed by atoms with Gasteiger partial charge >= 0.3 is 0 Å². The average molecular weight is 2050 g/mol. The minimum Gasteiger partial charge on any atom is -0.505 e. The highest BCUT2D eigenvalue weighted by atomic mass is 35.5. The van der Waals surface area contributed by atoms with Crippen LogP contribution in [0.2, 0.25) is 10.6 Å². The van der Waals surface area contributed by atoms with E-state index in [1.807, 2.05) is 38.1 Å². The summed E-state index contributed by atoms with van der Waals surface area (Å²) in [6, 6.07) is 44.7. The Balaban J connectivity index is 0.000000175. The van der Waals surface area contributed by atoms with Crippen molar-refractivity contribution in [3.63, 3.8) is 0 Å². The number of anilines is 13. The van der Waals surface area contributed by atoms with Gasteiger partial charge in [-0.15, -0.1) is 20.5 Å². The lowest BCUT2D eigenvalue weighted by Gasteiger charge is -2.15. The van der Waals surface area contributed by atoms with Crippen molar-refractivity contribution in [3.05, 3.63) is 238 Å². The zero-order valence-corrected chi connectivity index (χ0v) is 78.2. The van der Waals surface area contributed by atoms with E-state index in [9.17, 15) is 106 Å². The van der Waals surface area contributed by atoms with Crippen molar-refractivity contribution in [3.8, 4) is 23.4 Å². The molecule has 0 saturated heterocycles. The third-order valence-corrected chi connectivity index (χ3v) is 25.4. The SMILES string of the molecule is Cc1ccc(N=Nc2c(C)cc3cc(S(=O)(=O)O)cc(Nc4nc(Cl)nc(Nc5cccc(S(=O)(=O)O)c5)n4)c3c2O)c(S(=O)(=O)O)c1.Cc1ccc(N=Nc2c(C)cc3cc(S(=O)(=O)O)cc(Nc4nc(Cl)nc(Nc5cccc(S(=O)(=O)O)c5)n4)c3c2O)cc1.Cc1ccc(N=Nc2c(C)cc3cc(S(=O)(=O)O)cc(Nc4nc(NC#N)nc(Nc5cccc(S(=O)(=O)O)c5)n4)c3c2O)cc1. The second-order valence-corrected chi connectivity index (χ2v) is 39.9. The number of nitriles is 1. The fourth-order valence-corrected chi connectivity index (χ4v) is 17.1. The lowest BCUT2D eigenvalue weighted by Crippen LogP contribution is -2.08. The van der Waals surface area contributed by atoms with E-state index >= 15 is 0 Å². The molecule has 138 heavy (non-hydrogen) atoms. The van der Waals surface area contributed by atoms with Gasteiger partial charge in [-0.2, -0.15) is 119 Å². The van der Waals surface area contributed by atoms with Crippen LogP contribution in [0.3, 0.4) is 0 Å².